The first-order chi connectivity index (χ1) is 11.9. The van der Waals surface area contributed by atoms with E-state index in [9.17, 15) is 19.8 Å². The molecule has 0 aliphatic carbocycles. The van der Waals surface area contributed by atoms with Gasteiger partial charge in [-0.25, -0.2) is 4.79 Å². The monoisotopic (exact) mass is 399 g/mol. The molecule has 1 aromatic rings. The highest BCUT2D eigenvalue weighted by atomic mass is 32.2. The summed E-state index contributed by atoms with van der Waals surface area (Å²) in [7, 11) is 1.50. The Hall–Kier alpha value is -1.71. The molecule has 25 heavy (non-hydrogen) atoms. The van der Waals surface area contributed by atoms with Crippen LogP contribution in [0.4, 0.5) is 0 Å². The van der Waals surface area contributed by atoms with E-state index in [0.717, 1.165) is 16.7 Å². The minimum absolute atomic E-state index is 0.0109. The van der Waals surface area contributed by atoms with Gasteiger partial charge in [0, 0.05) is 5.56 Å². The molecule has 1 saturated heterocycles. The number of hydrogen-bond acceptors (Lipinski definition) is 7. The lowest BCUT2D eigenvalue weighted by atomic mass is 10.1. The van der Waals surface area contributed by atoms with Gasteiger partial charge in [0.25, 0.3) is 5.91 Å². The van der Waals surface area contributed by atoms with Crippen molar-refractivity contribution in [3.63, 3.8) is 0 Å². The highest BCUT2D eigenvalue weighted by Crippen LogP contribution is 2.36. The molecule has 0 spiro atoms. The van der Waals surface area contributed by atoms with Crippen molar-refractivity contribution in [1.29, 1.82) is 0 Å². The van der Waals surface area contributed by atoms with Gasteiger partial charge in [-0.2, -0.15) is 11.8 Å². The van der Waals surface area contributed by atoms with Gasteiger partial charge in [-0.1, -0.05) is 24.0 Å². The first-order valence-corrected chi connectivity index (χ1v) is 9.86. The molecule has 134 valence electrons. The molecule has 9 heteroatoms. The zero-order valence-corrected chi connectivity index (χ0v) is 16.0. The Balaban J connectivity index is 2.32. The predicted molar refractivity (Wildman–Crippen MR) is 104 cm³/mol. The van der Waals surface area contributed by atoms with E-state index < -0.39 is 17.9 Å². The molecule has 0 unspecified atom stereocenters. The van der Waals surface area contributed by atoms with E-state index in [0.29, 0.717) is 23.5 Å². The maximum absolute atomic E-state index is 12.7. The number of phenolic OH excluding ortho intramolecular Hbond substituents is 1. The number of rotatable bonds is 7. The Morgan fingerprint density at radius 1 is 1.52 bits per heavy atom. The van der Waals surface area contributed by atoms with Crippen molar-refractivity contribution in [3.05, 3.63) is 28.7 Å². The quantitative estimate of drug-likeness (QED) is 0.535. The summed E-state index contributed by atoms with van der Waals surface area (Å²) >= 11 is 7.74. The van der Waals surface area contributed by atoms with Crippen LogP contribution in [0.2, 0.25) is 0 Å². The molecule has 1 aliphatic rings. The normalized spacial score (nSPS) is 17.2. The number of thioether (sulfide) groups is 2. The molecule has 2 rings (SSSR count). The first kappa shape index (κ1) is 19.6. The van der Waals surface area contributed by atoms with E-state index in [1.807, 2.05) is 6.26 Å². The van der Waals surface area contributed by atoms with Crippen LogP contribution in [0.25, 0.3) is 6.08 Å². The molecule has 0 saturated carbocycles. The fourth-order valence-corrected chi connectivity index (χ4v) is 4.06. The Morgan fingerprint density at radius 3 is 2.84 bits per heavy atom. The SMILES string of the molecule is COc1ccc(O)c(/C=C2\SC(=S)N([C@@H](CCSC)C(=O)O)C2=O)c1. The largest absolute Gasteiger partial charge is 0.507 e. The number of phenols is 1. The maximum atomic E-state index is 12.7. The molecule has 1 aromatic carbocycles. The van der Waals surface area contributed by atoms with E-state index in [1.54, 1.807) is 12.1 Å². The number of amides is 1. The van der Waals surface area contributed by atoms with Crippen molar-refractivity contribution in [2.24, 2.45) is 0 Å². The van der Waals surface area contributed by atoms with Gasteiger partial charge >= 0.3 is 5.97 Å². The van der Waals surface area contributed by atoms with Crippen LogP contribution in [0.15, 0.2) is 23.1 Å². The van der Waals surface area contributed by atoms with Gasteiger partial charge in [0.15, 0.2) is 0 Å². The van der Waals surface area contributed by atoms with Crippen molar-refractivity contribution < 1.29 is 24.5 Å². The number of carboxylic acid groups (broad SMARTS) is 1. The highest BCUT2D eigenvalue weighted by molar-refractivity contribution is 8.26. The average Bonchev–Trinajstić information content (AvgIpc) is 2.84. The fourth-order valence-electron chi connectivity index (χ4n) is 2.26. The molecule has 1 heterocycles. The third-order valence-electron chi connectivity index (χ3n) is 3.54. The number of carbonyl (C=O) groups excluding carboxylic acids is 1. The molecular weight excluding hydrogens is 382 g/mol. The third-order valence-corrected chi connectivity index (χ3v) is 5.51. The topological polar surface area (TPSA) is 87.1 Å². The molecule has 1 atom stereocenters. The number of benzene rings is 1. The van der Waals surface area contributed by atoms with Crippen molar-refractivity contribution >= 4 is 58.0 Å². The number of carboxylic acids is 1. The van der Waals surface area contributed by atoms with Gasteiger partial charge in [-0.15, -0.1) is 0 Å². The standard InChI is InChI=1S/C16H17NO5S3/c1-22-10-3-4-12(18)9(7-10)8-13-14(19)17(16(23)25-13)11(15(20)21)5-6-24-2/h3-4,7-8,11,18H,5-6H2,1-2H3,(H,20,21)/b13-8-/t11-/m0/s1. The van der Waals surface area contributed by atoms with Crippen molar-refractivity contribution in [1.82, 2.24) is 4.90 Å². The van der Waals surface area contributed by atoms with Crippen LogP contribution in [-0.4, -0.2) is 56.5 Å². The lowest BCUT2D eigenvalue weighted by Gasteiger charge is -2.22. The summed E-state index contributed by atoms with van der Waals surface area (Å²) in [6, 6.07) is 3.65. The Labute approximate surface area is 159 Å². The second-order valence-electron chi connectivity index (χ2n) is 5.11. The summed E-state index contributed by atoms with van der Waals surface area (Å²) in [6.45, 7) is 0. The second-order valence-corrected chi connectivity index (χ2v) is 7.77. The van der Waals surface area contributed by atoms with E-state index in [4.69, 9.17) is 17.0 Å². The minimum atomic E-state index is -1.09. The van der Waals surface area contributed by atoms with E-state index in [1.165, 1.54) is 31.0 Å². The summed E-state index contributed by atoms with van der Waals surface area (Å²) in [5.74, 6) is -0.434. The van der Waals surface area contributed by atoms with Crippen LogP contribution in [0.3, 0.4) is 0 Å². The van der Waals surface area contributed by atoms with Gasteiger partial charge in [0.05, 0.1) is 12.0 Å². The zero-order valence-electron chi connectivity index (χ0n) is 13.6. The Bertz CT molecular complexity index is 734. The van der Waals surface area contributed by atoms with E-state index in [2.05, 4.69) is 0 Å². The Kier molecular flexibility index (Phi) is 6.74. The Morgan fingerprint density at radius 2 is 2.24 bits per heavy atom. The van der Waals surface area contributed by atoms with Crippen molar-refractivity contribution in [2.75, 3.05) is 19.1 Å². The maximum Gasteiger partial charge on any atom is 0.326 e. The lowest BCUT2D eigenvalue weighted by molar-refractivity contribution is -0.145. The molecule has 0 radical (unpaired) electrons. The van der Waals surface area contributed by atoms with Crippen LogP contribution < -0.4 is 4.74 Å². The number of thiocarbonyl (C=S) groups is 1. The first-order valence-electron chi connectivity index (χ1n) is 7.24. The zero-order chi connectivity index (χ0) is 18.6. The molecule has 2 N–H and O–H groups in total. The second kappa shape index (κ2) is 8.59. The number of aromatic hydroxyl groups is 1. The molecule has 1 aliphatic heterocycles. The molecule has 1 amide bonds. The van der Waals surface area contributed by atoms with Crippen molar-refractivity contribution in [3.8, 4) is 11.5 Å². The lowest BCUT2D eigenvalue weighted by Crippen LogP contribution is -2.44. The summed E-state index contributed by atoms with van der Waals surface area (Å²) < 4.78 is 5.31. The third kappa shape index (κ3) is 4.47. The summed E-state index contributed by atoms with van der Waals surface area (Å²) in [6.07, 6.45) is 3.67. The number of methoxy groups -OCH3 is 1. The van der Waals surface area contributed by atoms with Crippen LogP contribution in [-0.2, 0) is 9.59 Å². The molecule has 0 aromatic heterocycles. The molecular formula is C16H17NO5S3. The minimum Gasteiger partial charge on any atom is -0.507 e. The van der Waals surface area contributed by atoms with Crippen LogP contribution in [0.5, 0.6) is 11.5 Å². The number of carbonyl (C=O) groups is 2. The molecule has 6 nitrogen and oxygen atoms in total. The number of ether oxygens (including phenoxy) is 1. The van der Waals surface area contributed by atoms with Crippen LogP contribution in [0.1, 0.15) is 12.0 Å². The number of hydrogen-bond donors (Lipinski definition) is 2. The van der Waals surface area contributed by atoms with E-state index in [-0.39, 0.29) is 15.0 Å². The van der Waals surface area contributed by atoms with Gasteiger partial charge < -0.3 is 14.9 Å². The molecule has 0 bridgehead atoms. The summed E-state index contributed by atoms with van der Waals surface area (Å²) in [5, 5.41) is 19.4. The van der Waals surface area contributed by atoms with Gasteiger partial charge in [0.1, 0.15) is 21.9 Å². The van der Waals surface area contributed by atoms with Crippen LogP contribution >= 0.6 is 35.7 Å². The summed E-state index contributed by atoms with van der Waals surface area (Å²) in [5.41, 5.74) is 0.399. The van der Waals surface area contributed by atoms with Crippen LogP contribution in [0, 0.1) is 0 Å². The van der Waals surface area contributed by atoms with Gasteiger partial charge in [-0.3, -0.25) is 9.69 Å². The smallest absolute Gasteiger partial charge is 0.326 e. The van der Waals surface area contributed by atoms with Gasteiger partial charge in [-0.05, 0) is 42.7 Å². The fraction of sp³-hybridized carbons (Fsp3) is 0.312. The van der Waals surface area contributed by atoms with Gasteiger partial charge in [0.2, 0.25) is 0 Å². The molecule has 1 fully saturated rings. The summed E-state index contributed by atoms with van der Waals surface area (Å²) in [4.78, 5) is 25.6. The van der Waals surface area contributed by atoms with E-state index >= 15 is 0 Å². The van der Waals surface area contributed by atoms with Crippen molar-refractivity contribution in [2.45, 2.75) is 12.5 Å². The number of nitrogens with zero attached hydrogens (tertiary/aromatic N) is 1. The predicted octanol–water partition coefficient (Wildman–Crippen LogP) is 2.81. The average molecular weight is 400 g/mol. The number of aliphatic carboxylic acids is 1. The highest BCUT2D eigenvalue weighted by Gasteiger charge is 2.40.